The number of benzene rings is 1. The van der Waals surface area contributed by atoms with Crippen LogP contribution in [0.3, 0.4) is 0 Å². The topological polar surface area (TPSA) is 118 Å². The van der Waals surface area contributed by atoms with Crippen LogP contribution in [0.4, 0.5) is 0 Å². The normalized spacial score (nSPS) is 18.7. The predicted molar refractivity (Wildman–Crippen MR) is 83.3 cm³/mol. The summed E-state index contributed by atoms with van der Waals surface area (Å²) in [4.78, 5) is 24.8. The zero-order valence-electron chi connectivity index (χ0n) is 12.6. The number of primary sulfonamides is 1. The van der Waals surface area contributed by atoms with Crippen LogP contribution in [0.1, 0.15) is 36.0 Å². The van der Waals surface area contributed by atoms with Gasteiger partial charge in [-0.15, -0.1) is 0 Å². The molecule has 1 aromatic carbocycles. The number of nitrogens with two attached hydrogens (primary N) is 1. The van der Waals surface area contributed by atoms with Gasteiger partial charge in [-0.3, -0.25) is 9.59 Å². The van der Waals surface area contributed by atoms with Crippen LogP contribution in [0.5, 0.6) is 0 Å². The minimum Gasteiger partial charge on any atom is -0.481 e. The lowest BCUT2D eigenvalue weighted by molar-refractivity contribution is -0.137. The first kappa shape index (κ1) is 17.4. The summed E-state index contributed by atoms with van der Waals surface area (Å²) in [5.74, 6) is -0.814. The first-order chi connectivity index (χ1) is 10.8. The second-order valence-corrected chi connectivity index (χ2v) is 7.32. The third kappa shape index (κ3) is 4.77. The van der Waals surface area contributed by atoms with E-state index in [4.69, 9.17) is 10.2 Å². The maximum Gasteiger partial charge on any atom is 0.303 e. The highest BCUT2D eigenvalue weighted by molar-refractivity contribution is 7.89. The Morgan fingerprint density at radius 2 is 1.91 bits per heavy atom. The van der Waals surface area contributed by atoms with Crippen molar-refractivity contribution in [2.75, 3.05) is 13.1 Å². The van der Waals surface area contributed by atoms with Crippen LogP contribution in [0.15, 0.2) is 29.2 Å². The third-order valence-electron chi connectivity index (χ3n) is 4.00. The molecule has 1 heterocycles. The van der Waals surface area contributed by atoms with Gasteiger partial charge in [0.1, 0.15) is 0 Å². The first-order valence-electron chi connectivity index (χ1n) is 7.41. The van der Waals surface area contributed by atoms with E-state index in [1.807, 2.05) is 0 Å². The Kier molecular flexibility index (Phi) is 5.38. The molecule has 2 rings (SSSR count). The zero-order chi connectivity index (χ0) is 17.0. The second kappa shape index (κ2) is 7.10. The van der Waals surface area contributed by atoms with E-state index < -0.39 is 16.0 Å². The van der Waals surface area contributed by atoms with Crippen molar-refractivity contribution in [3.05, 3.63) is 29.8 Å². The number of piperidine rings is 1. The van der Waals surface area contributed by atoms with Crippen molar-refractivity contribution in [2.24, 2.45) is 11.1 Å². The van der Waals surface area contributed by atoms with Crippen molar-refractivity contribution in [3.63, 3.8) is 0 Å². The van der Waals surface area contributed by atoms with Gasteiger partial charge in [0.15, 0.2) is 0 Å². The molecule has 8 heteroatoms. The van der Waals surface area contributed by atoms with Crippen molar-refractivity contribution < 1.29 is 23.1 Å². The molecule has 0 aromatic heterocycles. The Bertz CT molecular complexity index is 684. The molecule has 1 saturated heterocycles. The summed E-state index contributed by atoms with van der Waals surface area (Å²) < 4.78 is 22.4. The van der Waals surface area contributed by atoms with Crippen LogP contribution in [0, 0.1) is 5.92 Å². The van der Waals surface area contributed by atoms with Gasteiger partial charge in [0.2, 0.25) is 10.0 Å². The fourth-order valence-electron chi connectivity index (χ4n) is 2.78. The lowest BCUT2D eigenvalue weighted by atomic mass is 9.93. The standard InChI is InChI=1S/C15H20N2O5S/c16-23(21,22)13-6-4-12(5-7-13)15(20)17-9-1-2-11(10-17)3-8-14(18)19/h4-7,11H,1-3,8-10H2,(H,18,19)(H2,16,21,22)/t11-/m0/s1. The average Bonchev–Trinajstić information content (AvgIpc) is 2.52. The number of carboxylic acids is 1. The molecule has 0 aliphatic carbocycles. The monoisotopic (exact) mass is 340 g/mol. The number of nitrogens with zero attached hydrogens (tertiary/aromatic N) is 1. The predicted octanol–water partition coefficient (Wildman–Crippen LogP) is 1.05. The summed E-state index contributed by atoms with van der Waals surface area (Å²) >= 11 is 0. The van der Waals surface area contributed by atoms with Crippen LogP contribution in [0.2, 0.25) is 0 Å². The molecule has 1 aromatic rings. The molecule has 0 radical (unpaired) electrons. The van der Waals surface area contributed by atoms with E-state index in [9.17, 15) is 18.0 Å². The van der Waals surface area contributed by atoms with Crippen LogP contribution < -0.4 is 5.14 Å². The molecule has 0 spiro atoms. The molecule has 7 nitrogen and oxygen atoms in total. The van der Waals surface area contributed by atoms with Gasteiger partial charge in [-0.05, 0) is 49.4 Å². The molecule has 0 unspecified atom stereocenters. The Balaban J connectivity index is 2.03. The molecule has 0 bridgehead atoms. The maximum absolute atomic E-state index is 12.5. The molecule has 23 heavy (non-hydrogen) atoms. The quantitative estimate of drug-likeness (QED) is 0.830. The number of hydrogen-bond donors (Lipinski definition) is 2. The Morgan fingerprint density at radius 1 is 1.26 bits per heavy atom. The van der Waals surface area contributed by atoms with Gasteiger partial charge >= 0.3 is 5.97 Å². The number of hydrogen-bond acceptors (Lipinski definition) is 4. The van der Waals surface area contributed by atoms with Gasteiger partial charge in [-0.25, -0.2) is 13.6 Å². The number of carbonyl (C=O) groups excluding carboxylic acids is 1. The highest BCUT2D eigenvalue weighted by Gasteiger charge is 2.25. The number of amides is 1. The number of likely N-dealkylation sites (tertiary alicyclic amines) is 1. The number of carboxylic acid groups (broad SMARTS) is 1. The van der Waals surface area contributed by atoms with Crippen molar-refractivity contribution in [3.8, 4) is 0 Å². The van der Waals surface area contributed by atoms with Crippen molar-refractivity contribution in [2.45, 2.75) is 30.6 Å². The molecule has 1 fully saturated rings. The van der Waals surface area contributed by atoms with Gasteiger partial charge in [-0.1, -0.05) is 0 Å². The van der Waals surface area contributed by atoms with E-state index in [0.29, 0.717) is 25.1 Å². The smallest absolute Gasteiger partial charge is 0.303 e. The number of rotatable bonds is 5. The zero-order valence-corrected chi connectivity index (χ0v) is 13.5. The van der Waals surface area contributed by atoms with E-state index in [2.05, 4.69) is 0 Å². The van der Waals surface area contributed by atoms with Crippen LogP contribution in [0.25, 0.3) is 0 Å². The lowest BCUT2D eigenvalue weighted by Crippen LogP contribution is -2.40. The molecular weight excluding hydrogens is 320 g/mol. The molecule has 1 aliphatic rings. The van der Waals surface area contributed by atoms with Crippen LogP contribution >= 0.6 is 0 Å². The largest absolute Gasteiger partial charge is 0.481 e. The summed E-state index contributed by atoms with van der Waals surface area (Å²) in [6, 6.07) is 5.52. The molecular formula is C15H20N2O5S. The summed E-state index contributed by atoms with van der Waals surface area (Å²) in [5, 5.41) is 13.8. The molecule has 0 saturated carbocycles. The van der Waals surface area contributed by atoms with E-state index in [1.165, 1.54) is 24.3 Å². The van der Waals surface area contributed by atoms with E-state index in [1.54, 1.807) is 4.90 Å². The molecule has 1 amide bonds. The minimum absolute atomic E-state index is 0.0352. The molecule has 1 atom stereocenters. The average molecular weight is 340 g/mol. The van der Waals surface area contributed by atoms with Gasteiger partial charge in [-0.2, -0.15) is 0 Å². The summed E-state index contributed by atoms with van der Waals surface area (Å²) in [5.41, 5.74) is 0.399. The molecule has 126 valence electrons. The van der Waals surface area contributed by atoms with E-state index in [-0.39, 0.29) is 23.1 Å². The summed E-state index contributed by atoms with van der Waals surface area (Å²) in [6.07, 6.45) is 2.42. The Labute approximate surface area is 135 Å². The van der Waals surface area contributed by atoms with Crippen molar-refractivity contribution in [1.29, 1.82) is 0 Å². The Morgan fingerprint density at radius 3 is 2.48 bits per heavy atom. The maximum atomic E-state index is 12.5. The number of aliphatic carboxylic acids is 1. The van der Waals surface area contributed by atoms with Crippen LogP contribution in [-0.4, -0.2) is 43.4 Å². The Hall–Kier alpha value is -1.93. The van der Waals surface area contributed by atoms with Gasteiger partial charge in [0.05, 0.1) is 4.90 Å². The number of carbonyl (C=O) groups is 2. The first-order valence-corrected chi connectivity index (χ1v) is 8.96. The second-order valence-electron chi connectivity index (χ2n) is 5.76. The van der Waals surface area contributed by atoms with Crippen LogP contribution in [-0.2, 0) is 14.8 Å². The third-order valence-corrected chi connectivity index (χ3v) is 4.93. The van der Waals surface area contributed by atoms with Gasteiger partial charge < -0.3 is 10.0 Å². The van der Waals surface area contributed by atoms with Gasteiger partial charge in [0, 0.05) is 25.1 Å². The fraction of sp³-hybridized carbons (Fsp3) is 0.467. The lowest BCUT2D eigenvalue weighted by Gasteiger charge is -2.32. The number of sulfonamides is 1. The fourth-order valence-corrected chi connectivity index (χ4v) is 3.30. The highest BCUT2D eigenvalue weighted by atomic mass is 32.2. The SMILES string of the molecule is NS(=O)(=O)c1ccc(C(=O)N2CCC[C@@H](CCC(=O)O)C2)cc1. The van der Waals surface area contributed by atoms with E-state index >= 15 is 0 Å². The van der Waals surface area contributed by atoms with Crippen molar-refractivity contribution in [1.82, 2.24) is 4.90 Å². The van der Waals surface area contributed by atoms with Gasteiger partial charge in [0.25, 0.3) is 5.91 Å². The molecule has 1 aliphatic heterocycles. The highest BCUT2D eigenvalue weighted by Crippen LogP contribution is 2.22. The summed E-state index contributed by atoms with van der Waals surface area (Å²) in [6.45, 7) is 1.16. The molecule has 3 N–H and O–H groups in total. The van der Waals surface area contributed by atoms with Crippen molar-refractivity contribution >= 4 is 21.9 Å². The van der Waals surface area contributed by atoms with E-state index in [0.717, 1.165) is 12.8 Å². The minimum atomic E-state index is -3.77. The summed E-state index contributed by atoms with van der Waals surface area (Å²) in [7, 11) is -3.77.